The summed E-state index contributed by atoms with van der Waals surface area (Å²) in [7, 11) is 1.50. The number of carbonyl (C=O) groups is 2. The zero-order valence-corrected chi connectivity index (χ0v) is 13.9. The fourth-order valence-corrected chi connectivity index (χ4v) is 1.97. The Morgan fingerprint density at radius 1 is 1.00 bits per heavy atom. The van der Waals surface area contributed by atoms with Crippen molar-refractivity contribution in [3.63, 3.8) is 0 Å². The summed E-state index contributed by atoms with van der Waals surface area (Å²) in [6.07, 6.45) is 4.98. The van der Waals surface area contributed by atoms with E-state index in [0.29, 0.717) is 0 Å². The molecule has 1 aromatic heterocycles. The SMILES string of the molecule is COCCOC(=O)c1ncccc1C(=O)OCC=Cc1ccccc1. The van der Waals surface area contributed by atoms with Crippen molar-refractivity contribution in [2.75, 3.05) is 26.9 Å². The normalized spacial score (nSPS) is 10.6. The molecule has 0 N–H and O–H groups in total. The monoisotopic (exact) mass is 341 g/mol. The molecule has 6 nitrogen and oxygen atoms in total. The third-order valence-electron chi connectivity index (χ3n) is 3.16. The number of esters is 2. The number of nitrogens with zero attached hydrogens (tertiary/aromatic N) is 1. The number of methoxy groups -OCH3 is 1. The molecule has 2 aromatic rings. The van der Waals surface area contributed by atoms with Crippen molar-refractivity contribution >= 4 is 18.0 Å². The van der Waals surface area contributed by atoms with Gasteiger partial charge in [-0.15, -0.1) is 0 Å². The fourth-order valence-electron chi connectivity index (χ4n) is 1.97. The van der Waals surface area contributed by atoms with Crippen LogP contribution in [-0.4, -0.2) is 43.9 Å². The molecule has 1 heterocycles. The lowest BCUT2D eigenvalue weighted by molar-refractivity contribution is 0.0369. The van der Waals surface area contributed by atoms with Crippen LogP contribution < -0.4 is 0 Å². The average Bonchev–Trinajstić information content (AvgIpc) is 2.66. The highest BCUT2D eigenvalue weighted by molar-refractivity contribution is 6.01. The number of ether oxygens (including phenoxy) is 3. The number of hydrogen-bond acceptors (Lipinski definition) is 6. The molecule has 0 saturated heterocycles. The van der Waals surface area contributed by atoms with Gasteiger partial charge in [-0.05, 0) is 23.8 Å². The number of rotatable bonds is 8. The van der Waals surface area contributed by atoms with Crippen LogP contribution >= 0.6 is 0 Å². The van der Waals surface area contributed by atoms with Crippen LogP contribution in [-0.2, 0) is 14.2 Å². The lowest BCUT2D eigenvalue weighted by Gasteiger charge is -2.08. The first kappa shape index (κ1) is 18.4. The summed E-state index contributed by atoms with van der Waals surface area (Å²) in [5.74, 6) is -1.33. The van der Waals surface area contributed by atoms with E-state index in [9.17, 15) is 9.59 Å². The van der Waals surface area contributed by atoms with Crippen molar-refractivity contribution in [3.8, 4) is 0 Å². The Morgan fingerprint density at radius 2 is 1.80 bits per heavy atom. The molecular formula is C19H19NO5. The molecule has 0 aliphatic rings. The minimum absolute atomic E-state index is 0.0676. The zero-order chi connectivity index (χ0) is 17.9. The maximum absolute atomic E-state index is 12.2. The second-order valence-electron chi connectivity index (χ2n) is 4.94. The molecule has 0 amide bonds. The van der Waals surface area contributed by atoms with Gasteiger partial charge in [-0.1, -0.05) is 36.4 Å². The lowest BCUT2D eigenvalue weighted by atomic mass is 10.2. The van der Waals surface area contributed by atoms with Crippen LogP contribution in [0.15, 0.2) is 54.7 Å². The maximum atomic E-state index is 12.2. The van der Waals surface area contributed by atoms with Crippen molar-refractivity contribution < 1.29 is 23.8 Å². The third kappa shape index (κ3) is 5.86. The van der Waals surface area contributed by atoms with Gasteiger partial charge in [0, 0.05) is 13.3 Å². The number of carbonyl (C=O) groups excluding carboxylic acids is 2. The Bertz CT molecular complexity index is 728. The van der Waals surface area contributed by atoms with Crippen LogP contribution in [0, 0.1) is 0 Å². The van der Waals surface area contributed by atoms with E-state index in [1.165, 1.54) is 19.4 Å². The van der Waals surface area contributed by atoms with Gasteiger partial charge in [-0.2, -0.15) is 0 Å². The van der Waals surface area contributed by atoms with Crippen LogP contribution in [0.1, 0.15) is 26.4 Å². The quantitative estimate of drug-likeness (QED) is 0.543. The highest BCUT2D eigenvalue weighted by Crippen LogP contribution is 2.09. The van der Waals surface area contributed by atoms with Crippen LogP contribution in [0.2, 0.25) is 0 Å². The fraction of sp³-hybridized carbons (Fsp3) is 0.211. The molecule has 0 bridgehead atoms. The largest absolute Gasteiger partial charge is 0.458 e. The van der Waals surface area contributed by atoms with E-state index in [0.717, 1.165) is 5.56 Å². The number of benzene rings is 1. The summed E-state index contributed by atoms with van der Waals surface area (Å²) in [5.41, 5.74) is 0.996. The van der Waals surface area contributed by atoms with Gasteiger partial charge in [-0.25, -0.2) is 14.6 Å². The molecule has 130 valence electrons. The first-order valence-corrected chi connectivity index (χ1v) is 7.72. The summed E-state index contributed by atoms with van der Waals surface area (Å²) in [4.78, 5) is 28.1. The van der Waals surface area contributed by atoms with Gasteiger partial charge in [0.15, 0.2) is 5.69 Å². The maximum Gasteiger partial charge on any atom is 0.357 e. The van der Waals surface area contributed by atoms with E-state index in [1.54, 1.807) is 12.1 Å². The van der Waals surface area contributed by atoms with Gasteiger partial charge >= 0.3 is 11.9 Å². The standard InChI is InChI=1S/C19H19NO5/c1-23-13-14-25-19(22)17-16(10-5-11-20-17)18(21)24-12-6-9-15-7-3-2-4-8-15/h2-11H,12-14H2,1H3. The number of aromatic nitrogens is 1. The molecule has 0 saturated carbocycles. The van der Waals surface area contributed by atoms with E-state index < -0.39 is 11.9 Å². The molecule has 0 radical (unpaired) electrons. The second kappa shape index (κ2) is 10.00. The summed E-state index contributed by atoms with van der Waals surface area (Å²) in [6.45, 7) is 0.434. The molecule has 0 unspecified atom stereocenters. The second-order valence-corrected chi connectivity index (χ2v) is 4.94. The average molecular weight is 341 g/mol. The molecule has 6 heteroatoms. The number of pyridine rings is 1. The smallest absolute Gasteiger partial charge is 0.357 e. The molecule has 0 aliphatic heterocycles. The van der Waals surface area contributed by atoms with Crippen molar-refractivity contribution in [1.29, 1.82) is 0 Å². The van der Waals surface area contributed by atoms with Gasteiger partial charge in [0.05, 0.1) is 12.2 Å². The Hall–Kier alpha value is -2.99. The topological polar surface area (TPSA) is 74.7 Å². The third-order valence-corrected chi connectivity index (χ3v) is 3.16. The van der Waals surface area contributed by atoms with E-state index in [1.807, 2.05) is 36.4 Å². The first-order chi connectivity index (χ1) is 12.2. The molecule has 2 rings (SSSR count). The first-order valence-electron chi connectivity index (χ1n) is 7.72. The Kier molecular flexibility index (Phi) is 7.34. The number of hydrogen-bond donors (Lipinski definition) is 0. The van der Waals surface area contributed by atoms with E-state index in [-0.39, 0.29) is 31.1 Å². The van der Waals surface area contributed by atoms with Crippen LogP contribution in [0.3, 0.4) is 0 Å². The molecule has 25 heavy (non-hydrogen) atoms. The molecule has 1 aromatic carbocycles. The van der Waals surface area contributed by atoms with Gasteiger partial charge in [0.2, 0.25) is 0 Å². The van der Waals surface area contributed by atoms with E-state index >= 15 is 0 Å². The van der Waals surface area contributed by atoms with Gasteiger partial charge < -0.3 is 14.2 Å². The molecule has 0 aliphatic carbocycles. The predicted octanol–water partition coefficient (Wildman–Crippen LogP) is 2.76. The summed E-state index contributed by atoms with van der Waals surface area (Å²) in [6, 6.07) is 12.7. The van der Waals surface area contributed by atoms with E-state index in [2.05, 4.69) is 4.98 Å². The van der Waals surface area contributed by atoms with Crippen LogP contribution in [0.4, 0.5) is 0 Å². The Balaban J connectivity index is 1.95. The van der Waals surface area contributed by atoms with Crippen LogP contribution in [0.5, 0.6) is 0 Å². The van der Waals surface area contributed by atoms with E-state index in [4.69, 9.17) is 14.2 Å². The molecule has 0 spiro atoms. The highest BCUT2D eigenvalue weighted by Gasteiger charge is 2.20. The Labute approximate surface area is 146 Å². The minimum atomic E-state index is -0.690. The highest BCUT2D eigenvalue weighted by atomic mass is 16.6. The molecule has 0 atom stereocenters. The predicted molar refractivity (Wildman–Crippen MR) is 92.2 cm³/mol. The van der Waals surface area contributed by atoms with Crippen molar-refractivity contribution in [1.82, 2.24) is 4.98 Å². The summed E-state index contributed by atoms with van der Waals surface area (Å²) < 4.78 is 15.0. The lowest BCUT2D eigenvalue weighted by Crippen LogP contribution is -2.17. The summed E-state index contributed by atoms with van der Waals surface area (Å²) >= 11 is 0. The van der Waals surface area contributed by atoms with Crippen molar-refractivity contribution in [3.05, 3.63) is 71.6 Å². The minimum Gasteiger partial charge on any atom is -0.458 e. The van der Waals surface area contributed by atoms with Crippen LogP contribution in [0.25, 0.3) is 6.08 Å². The van der Waals surface area contributed by atoms with Gasteiger partial charge in [0.1, 0.15) is 13.2 Å². The zero-order valence-electron chi connectivity index (χ0n) is 13.9. The van der Waals surface area contributed by atoms with Crippen molar-refractivity contribution in [2.24, 2.45) is 0 Å². The van der Waals surface area contributed by atoms with Crippen molar-refractivity contribution in [2.45, 2.75) is 0 Å². The van der Waals surface area contributed by atoms with Gasteiger partial charge in [-0.3, -0.25) is 0 Å². The Morgan fingerprint density at radius 3 is 2.56 bits per heavy atom. The molecule has 0 fully saturated rings. The van der Waals surface area contributed by atoms with Gasteiger partial charge in [0.25, 0.3) is 0 Å². The molecular weight excluding hydrogens is 322 g/mol. The summed E-state index contributed by atoms with van der Waals surface area (Å²) in [5, 5.41) is 0.